The molecule has 7 bridgehead atoms. The van der Waals surface area contributed by atoms with Crippen LogP contribution in [0.1, 0.15) is 56.3 Å². The van der Waals surface area contributed by atoms with Gasteiger partial charge in [-0.25, -0.2) is 4.79 Å². The molecular formula is C32H44N2O8. The molecule has 10 nitrogen and oxygen atoms in total. The molecule has 5 saturated carbocycles. The lowest BCUT2D eigenvalue weighted by Gasteiger charge is -2.70. The number of methoxy groups -OCH3 is 3. The summed E-state index contributed by atoms with van der Waals surface area (Å²) < 4.78 is 25.1. The van der Waals surface area contributed by atoms with Crippen LogP contribution in [0.5, 0.6) is 0 Å². The lowest BCUT2D eigenvalue weighted by atomic mass is 9.44. The summed E-state index contributed by atoms with van der Waals surface area (Å²) >= 11 is 0. The minimum absolute atomic E-state index is 0.0432. The third-order valence-electron chi connectivity index (χ3n) is 12.6. The number of carbonyl (C=O) groups is 2. The summed E-state index contributed by atoms with van der Waals surface area (Å²) in [7, 11) is 5.05. The SMILES string of the molecule is CCN1C[C@]2(OC(=O)c3ccccc3NC(C)=O)CCC(OC)C34[C@@H]1C(C[C@@H]32)[C@@]1(O)CC(OC)[C@H]2C[C@@H]4C1(O)[C@H]2OC. The van der Waals surface area contributed by atoms with Crippen molar-refractivity contribution in [3.05, 3.63) is 29.8 Å². The summed E-state index contributed by atoms with van der Waals surface area (Å²) in [5.74, 6) is -1.54. The molecule has 0 aromatic heterocycles. The monoisotopic (exact) mass is 584 g/mol. The summed E-state index contributed by atoms with van der Waals surface area (Å²) in [4.78, 5) is 28.3. The standard InChI is InChI=1S/C32H44N2O8/c1-6-34-16-29(42-28(36)18-9-7-8-10-21(18)33-17(2)35)12-11-25(40-4)31-23(29)14-20(26(31)34)30(37)15-22(39-3)19-13-24(31)32(30,38)27(19)41-5/h7-10,19-20,22-27,37-38H,6,11-16H2,1-5H3,(H,33,35)/t19-,20?,22?,23-,24+,25?,26+,27+,29-,30+,31?,32?/m1/s1. The number of likely N-dealkylation sites (tertiary alicyclic amines) is 1. The summed E-state index contributed by atoms with van der Waals surface area (Å²) in [6, 6.07) is 6.89. The van der Waals surface area contributed by atoms with Gasteiger partial charge in [0, 0.05) is 76.3 Å². The van der Waals surface area contributed by atoms with Crippen molar-refractivity contribution in [2.24, 2.45) is 29.1 Å². The normalized spacial score (nSPS) is 48.2. The Kier molecular flexibility index (Phi) is 6.46. The zero-order valence-electron chi connectivity index (χ0n) is 25.2. The number of hydrogen-bond acceptors (Lipinski definition) is 9. The first-order valence-corrected chi connectivity index (χ1v) is 15.4. The second kappa shape index (κ2) is 9.46. The van der Waals surface area contributed by atoms with Crippen LogP contribution in [0.4, 0.5) is 5.69 Å². The second-order valence-corrected chi connectivity index (χ2v) is 13.7. The number of benzene rings is 1. The van der Waals surface area contributed by atoms with E-state index in [2.05, 4.69) is 17.1 Å². The summed E-state index contributed by atoms with van der Waals surface area (Å²) in [5.41, 5.74) is -3.57. The Hall–Kier alpha value is -2.08. The van der Waals surface area contributed by atoms with Crippen LogP contribution in [0.15, 0.2) is 24.3 Å². The van der Waals surface area contributed by atoms with Gasteiger partial charge in [0.2, 0.25) is 5.91 Å². The van der Waals surface area contributed by atoms with E-state index in [-0.39, 0.29) is 47.8 Å². The third-order valence-corrected chi connectivity index (χ3v) is 12.6. The number of likely N-dealkylation sites (N-methyl/N-ethyl adjacent to an activating group) is 1. The molecule has 3 N–H and O–H groups in total. The molecule has 5 aliphatic carbocycles. The minimum Gasteiger partial charge on any atom is -0.454 e. The molecule has 230 valence electrons. The summed E-state index contributed by atoms with van der Waals surface area (Å²) in [6.07, 6.45) is 1.91. The van der Waals surface area contributed by atoms with Crippen molar-refractivity contribution in [1.82, 2.24) is 4.90 Å². The summed E-state index contributed by atoms with van der Waals surface area (Å²) in [5, 5.41) is 28.4. The Bertz CT molecular complexity index is 1290. The van der Waals surface area contributed by atoms with Crippen LogP contribution in [-0.4, -0.2) is 103 Å². The maximum atomic E-state index is 14.0. The number of anilines is 1. The molecule has 6 aliphatic rings. The largest absolute Gasteiger partial charge is 0.454 e. The molecule has 1 heterocycles. The van der Waals surface area contributed by atoms with Gasteiger partial charge >= 0.3 is 5.97 Å². The van der Waals surface area contributed by atoms with Crippen molar-refractivity contribution in [3.8, 4) is 0 Å². The van der Waals surface area contributed by atoms with Gasteiger partial charge < -0.3 is 34.5 Å². The van der Waals surface area contributed by atoms with Crippen LogP contribution in [0.25, 0.3) is 0 Å². The van der Waals surface area contributed by atoms with Gasteiger partial charge in [0.25, 0.3) is 0 Å². The van der Waals surface area contributed by atoms with Crippen LogP contribution >= 0.6 is 0 Å². The number of esters is 1. The highest BCUT2D eigenvalue weighted by Gasteiger charge is 2.89. The number of nitrogens with one attached hydrogen (secondary N) is 1. The summed E-state index contributed by atoms with van der Waals surface area (Å²) in [6.45, 7) is 4.79. The van der Waals surface area contributed by atoms with Gasteiger partial charge in [0.1, 0.15) is 16.8 Å². The van der Waals surface area contributed by atoms with Gasteiger partial charge in [-0.1, -0.05) is 19.1 Å². The highest BCUT2D eigenvalue weighted by atomic mass is 16.6. The fourth-order valence-corrected chi connectivity index (χ4v) is 11.6. The number of hydrogen-bond donors (Lipinski definition) is 3. The topological polar surface area (TPSA) is 127 Å². The van der Waals surface area contributed by atoms with Crippen molar-refractivity contribution >= 4 is 17.6 Å². The number of carbonyl (C=O) groups excluding carboxylic acids is 2. The number of aliphatic hydroxyl groups is 2. The number of piperidine rings is 1. The van der Waals surface area contributed by atoms with E-state index in [0.29, 0.717) is 56.4 Å². The first-order chi connectivity index (χ1) is 20.1. The second-order valence-electron chi connectivity index (χ2n) is 13.7. The molecule has 1 saturated heterocycles. The lowest BCUT2D eigenvalue weighted by molar-refractivity contribution is -0.337. The molecular weight excluding hydrogens is 540 g/mol. The molecule has 10 heteroatoms. The molecule has 1 spiro atoms. The van der Waals surface area contributed by atoms with Gasteiger partial charge in [-0.2, -0.15) is 0 Å². The highest BCUT2D eigenvalue weighted by Crippen LogP contribution is 2.79. The van der Waals surface area contributed by atoms with Crippen LogP contribution < -0.4 is 5.32 Å². The first kappa shape index (κ1) is 28.7. The molecule has 5 unspecified atom stereocenters. The number of nitrogens with zero attached hydrogens (tertiary/aromatic N) is 1. The molecule has 12 atom stereocenters. The van der Waals surface area contributed by atoms with E-state index in [1.54, 1.807) is 45.6 Å². The Morgan fingerprint density at radius 2 is 1.83 bits per heavy atom. The van der Waals surface area contributed by atoms with Crippen LogP contribution in [0.3, 0.4) is 0 Å². The minimum atomic E-state index is -1.48. The molecule has 0 radical (unpaired) electrons. The molecule has 1 aliphatic heterocycles. The zero-order valence-corrected chi connectivity index (χ0v) is 25.2. The smallest absolute Gasteiger partial charge is 0.340 e. The van der Waals surface area contributed by atoms with E-state index in [1.807, 2.05) is 0 Å². The van der Waals surface area contributed by atoms with Crippen LogP contribution in [0.2, 0.25) is 0 Å². The predicted octanol–water partition coefficient (Wildman–Crippen LogP) is 2.22. The maximum Gasteiger partial charge on any atom is 0.340 e. The average Bonchev–Trinajstić information content (AvgIpc) is 3.39. The van der Waals surface area contributed by atoms with E-state index in [0.717, 1.165) is 0 Å². The van der Waals surface area contributed by atoms with Crippen LogP contribution in [0, 0.1) is 29.1 Å². The van der Waals surface area contributed by atoms with E-state index in [4.69, 9.17) is 18.9 Å². The van der Waals surface area contributed by atoms with E-state index in [9.17, 15) is 19.8 Å². The van der Waals surface area contributed by atoms with E-state index >= 15 is 0 Å². The number of fused-ring (bicyclic) bond motifs is 2. The molecule has 1 aromatic carbocycles. The Morgan fingerprint density at radius 1 is 1.07 bits per heavy atom. The lowest BCUT2D eigenvalue weighted by Crippen LogP contribution is -2.83. The highest BCUT2D eigenvalue weighted by molar-refractivity contribution is 6.00. The van der Waals surface area contributed by atoms with Gasteiger partial charge in [0.05, 0.1) is 29.6 Å². The van der Waals surface area contributed by atoms with Gasteiger partial charge in [-0.05, 0) is 44.4 Å². The third kappa shape index (κ3) is 3.21. The van der Waals surface area contributed by atoms with Gasteiger partial charge in [-0.15, -0.1) is 0 Å². The molecule has 1 amide bonds. The average molecular weight is 585 g/mol. The predicted molar refractivity (Wildman–Crippen MR) is 152 cm³/mol. The van der Waals surface area contributed by atoms with Gasteiger partial charge in [0.15, 0.2) is 0 Å². The Morgan fingerprint density at radius 3 is 2.50 bits per heavy atom. The van der Waals surface area contributed by atoms with Crippen molar-refractivity contribution < 1.29 is 38.7 Å². The number of ether oxygens (including phenoxy) is 4. The molecule has 7 rings (SSSR count). The molecule has 6 fully saturated rings. The fourth-order valence-electron chi connectivity index (χ4n) is 11.6. The zero-order chi connectivity index (χ0) is 29.8. The van der Waals surface area contributed by atoms with E-state index in [1.165, 1.54) is 6.92 Å². The van der Waals surface area contributed by atoms with Crippen molar-refractivity contribution in [1.29, 1.82) is 0 Å². The van der Waals surface area contributed by atoms with Crippen LogP contribution in [-0.2, 0) is 23.7 Å². The Balaban J connectivity index is 1.38. The first-order valence-electron chi connectivity index (χ1n) is 15.4. The Labute approximate surface area is 247 Å². The molecule has 42 heavy (non-hydrogen) atoms. The fraction of sp³-hybridized carbons (Fsp3) is 0.750. The number of rotatable bonds is 7. The van der Waals surface area contributed by atoms with Gasteiger partial charge in [-0.3, -0.25) is 9.69 Å². The van der Waals surface area contributed by atoms with Crippen molar-refractivity contribution in [2.45, 2.75) is 87.1 Å². The maximum absolute atomic E-state index is 14.0. The van der Waals surface area contributed by atoms with Crippen molar-refractivity contribution in [2.75, 3.05) is 39.7 Å². The molecule has 1 aromatic rings. The quantitative estimate of drug-likeness (QED) is 0.414. The van der Waals surface area contributed by atoms with E-state index < -0.39 is 34.3 Å². The number of para-hydroxylation sites is 1. The van der Waals surface area contributed by atoms with Crippen molar-refractivity contribution in [3.63, 3.8) is 0 Å². The number of amides is 1.